The Morgan fingerprint density at radius 1 is 1.05 bits per heavy atom. The Morgan fingerprint density at radius 2 is 1.68 bits per heavy atom. The molecule has 0 radical (unpaired) electrons. The Labute approximate surface area is 134 Å². The number of halogens is 1. The van der Waals surface area contributed by atoms with Gasteiger partial charge in [0, 0.05) is 22.8 Å². The molecule has 1 aliphatic rings. The lowest BCUT2D eigenvalue weighted by Crippen LogP contribution is -2.28. The Hall–Kier alpha value is -1.89. The van der Waals surface area contributed by atoms with E-state index in [0.29, 0.717) is 11.6 Å². The first-order chi connectivity index (χ1) is 10.4. The van der Waals surface area contributed by atoms with Crippen LogP contribution in [0.15, 0.2) is 58.4 Å². The lowest BCUT2D eigenvalue weighted by atomic mass is 10.2. The molecule has 0 aliphatic carbocycles. The van der Waals surface area contributed by atoms with Gasteiger partial charge in [-0.05, 0) is 48.5 Å². The normalized spacial score (nSPS) is 15.0. The van der Waals surface area contributed by atoms with Gasteiger partial charge in [0.25, 0.3) is 0 Å². The van der Waals surface area contributed by atoms with E-state index in [0.717, 1.165) is 23.6 Å². The molecule has 1 aliphatic heterocycles. The van der Waals surface area contributed by atoms with Gasteiger partial charge >= 0.3 is 0 Å². The number of hydrogen-bond acceptors (Lipinski definition) is 4. The molecule has 0 amide bonds. The van der Waals surface area contributed by atoms with Gasteiger partial charge in [0.15, 0.2) is 0 Å². The third-order valence-corrected chi connectivity index (χ3v) is 4.60. The molecule has 0 saturated heterocycles. The number of nitrogens with two attached hydrogens (primary N) is 1. The van der Waals surface area contributed by atoms with Gasteiger partial charge in [-0.1, -0.05) is 11.6 Å². The van der Waals surface area contributed by atoms with Crippen molar-refractivity contribution in [3.8, 4) is 0 Å². The number of benzene rings is 2. The summed E-state index contributed by atoms with van der Waals surface area (Å²) in [5.41, 5.74) is 1.84. The van der Waals surface area contributed by atoms with E-state index in [9.17, 15) is 8.42 Å². The zero-order chi connectivity index (χ0) is 15.7. The van der Waals surface area contributed by atoms with Crippen LogP contribution in [0.5, 0.6) is 0 Å². The van der Waals surface area contributed by atoms with Gasteiger partial charge in [0.05, 0.1) is 11.4 Å². The zero-order valence-corrected chi connectivity index (χ0v) is 13.2. The summed E-state index contributed by atoms with van der Waals surface area (Å²) in [6.45, 7) is 1.46. The molecule has 2 N–H and O–H groups in total. The van der Waals surface area contributed by atoms with Crippen LogP contribution in [0.25, 0.3) is 0 Å². The van der Waals surface area contributed by atoms with Crippen molar-refractivity contribution < 1.29 is 8.42 Å². The lowest BCUT2D eigenvalue weighted by molar-refractivity contribution is 0.598. The summed E-state index contributed by atoms with van der Waals surface area (Å²) in [5, 5.41) is 5.79. The molecule has 0 fully saturated rings. The molecule has 0 spiro atoms. The summed E-state index contributed by atoms with van der Waals surface area (Å²) < 4.78 is 22.6. The number of primary sulfonamides is 1. The van der Waals surface area contributed by atoms with Crippen LogP contribution in [-0.2, 0) is 10.0 Å². The highest BCUT2D eigenvalue weighted by molar-refractivity contribution is 7.89. The van der Waals surface area contributed by atoms with Crippen LogP contribution in [-0.4, -0.2) is 27.3 Å². The summed E-state index contributed by atoms with van der Waals surface area (Å²) in [5.74, 6) is 0.809. The maximum absolute atomic E-state index is 11.3. The Bertz CT molecular complexity index is 815. The molecule has 0 bridgehead atoms. The lowest BCUT2D eigenvalue weighted by Gasteiger charge is -2.20. The van der Waals surface area contributed by atoms with E-state index < -0.39 is 10.0 Å². The molecule has 2 aromatic rings. The molecule has 1 heterocycles. The van der Waals surface area contributed by atoms with Gasteiger partial charge in [0.2, 0.25) is 10.0 Å². The topological polar surface area (TPSA) is 75.8 Å². The molecule has 5 nitrogen and oxygen atoms in total. The molecule has 0 saturated carbocycles. The molecule has 0 aromatic heterocycles. The van der Waals surface area contributed by atoms with Crippen LogP contribution >= 0.6 is 11.6 Å². The largest absolute Gasteiger partial charge is 0.324 e. The molecular weight excluding hydrogens is 322 g/mol. The van der Waals surface area contributed by atoms with Crippen molar-refractivity contribution in [2.45, 2.75) is 4.90 Å². The van der Waals surface area contributed by atoms with E-state index >= 15 is 0 Å². The highest BCUT2D eigenvalue weighted by Gasteiger charge is 2.20. The predicted molar refractivity (Wildman–Crippen MR) is 88.0 cm³/mol. The van der Waals surface area contributed by atoms with Gasteiger partial charge < -0.3 is 4.90 Å². The second kappa shape index (κ2) is 5.72. The van der Waals surface area contributed by atoms with E-state index in [1.807, 2.05) is 24.3 Å². The second-order valence-electron chi connectivity index (χ2n) is 4.90. The quantitative estimate of drug-likeness (QED) is 0.934. The number of amidine groups is 1. The first-order valence-corrected chi connectivity index (χ1v) is 8.58. The van der Waals surface area contributed by atoms with E-state index in [-0.39, 0.29) is 4.90 Å². The van der Waals surface area contributed by atoms with Crippen molar-refractivity contribution >= 4 is 33.1 Å². The van der Waals surface area contributed by atoms with Crippen LogP contribution in [0, 0.1) is 0 Å². The zero-order valence-electron chi connectivity index (χ0n) is 11.6. The van der Waals surface area contributed by atoms with Crippen LogP contribution in [0.2, 0.25) is 5.02 Å². The molecule has 114 valence electrons. The number of aliphatic imine (C=N–C) groups is 1. The molecule has 0 unspecified atom stereocenters. The minimum atomic E-state index is -3.68. The third-order valence-electron chi connectivity index (χ3n) is 3.42. The van der Waals surface area contributed by atoms with E-state index in [1.165, 1.54) is 12.1 Å². The maximum Gasteiger partial charge on any atom is 0.238 e. The smallest absolute Gasteiger partial charge is 0.238 e. The molecule has 7 heteroatoms. The minimum Gasteiger partial charge on any atom is -0.324 e. The van der Waals surface area contributed by atoms with Gasteiger partial charge in [-0.3, -0.25) is 4.99 Å². The highest BCUT2D eigenvalue weighted by Crippen LogP contribution is 2.23. The molecule has 2 aromatic carbocycles. The van der Waals surface area contributed by atoms with E-state index in [1.54, 1.807) is 12.1 Å². The predicted octanol–water partition coefficient (Wildman–Crippen LogP) is 2.25. The molecular formula is C15H14ClN3O2S. The van der Waals surface area contributed by atoms with E-state index in [2.05, 4.69) is 9.89 Å². The Kier molecular flexibility index (Phi) is 3.90. The fourth-order valence-corrected chi connectivity index (χ4v) is 3.00. The summed E-state index contributed by atoms with van der Waals surface area (Å²) in [6, 6.07) is 13.9. The van der Waals surface area contributed by atoms with Crippen molar-refractivity contribution in [2.75, 3.05) is 18.0 Å². The second-order valence-corrected chi connectivity index (χ2v) is 6.90. The Balaban J connectivity index is 1.92. The summed E-state index contributed by atoms with van der Waals surface area (Å²) in [7, 11) is -3.68. The van der Waals surface area contributed by atoms with E-state index in [4.69, 9.17) is 16.7 Å². The van der Waals surface area contributed by atoms with Crippen molar-refractivity contribution in [3.05, 3.63) is 59.1 Å². The van der Waals surface area contributed by atoms with Crippen molar-refractivity contribution in [1.29, 1.82) is 0 Å². The van der Waals surface area contributed by atoms with Crippen LogP contribution in [0.4, 0.5) is 5.69 Å². The average molecular weight is 336 g/mol. The number of hydrogen-bond donors (Lipinski definition) is 1. The first-order valence-electron chi connectivity index (χ1n) is 6.66. The van der Waals surface area contributed by atoms with Crippen LogP contribution < -0.4 is 10.0 Å². The molecule has 22 heavy (non-hydrogen) atoms. The van der Waals surface area contributed by atoms with Crippen molar-refractivity contribution in [3.63, 3.8) is 0 Å². The van der Waals surface area contributed by atoms with Crippen molar-refractivity contribution in [1.82, 2.24) is 0 Å². The monoisotopic (exact) mass is 335 g/mol. The van der Waals surface area contributed by atoms with Gasteiger partial charge in [0.1, 0.15) is 5.84 Å². The van der Waals surface area contributed by atoms with Gasteiger partial charge in [-0.15, -0.1) is 0 Å². The van der Waals surface area contributed by atoms with Crippen molar-refractivity contribution in [2.24, 2.45) is 10.1 Å². The Morgan fingerprint density at radius 3 is 2.27 bits per heavy atom. The number of anilines is 1. The average Bonchev–Trinajstić information content (AvgIpc) is 2.97. The number of nitrogens with zero attached hydrogens (tertiary/aromatic N) is 2. The first kappa shape index (κ1) is 15.0. The highest BCUT2D eigenvalue weighted by atomic mass is 35.5. The third kappa shape index (κ3) is 2.99. The molecule has 3 rings (SSSR count). The van der Waals surface area contributed by atoms with Gasteiger partial charge in [-0.25, -0.2) is 13.6 Å². The summed E-state index contributed by atoms with van der Waals surface area (Å²) in [6.07, 6.45) is 0. The van der Waals surface area contributed by atoms with Crippen LogP contribution in [0.3, 0.4) is 0 Å². The van der Waals surface area contributed by atoms with Crippen LogP contribution in [0.1, 0.15) is 5.56 Å². The van der Waals surface area contributed by atoms with Gasteiger partial charge in [-0.2, -0.15) is 0 Å². The SMILES string of the molecule is NS(=O)(=O)c1ccc(C2=NCCN2c2ccc(Cl)cc2)cc1. The fraction of sp³-hybridized carbons (Fsp3) is 0.133. The number of rotatable bonds is 3. The molecule has 0 atom stereocenters. The standard InChI is InChI=1S/C15H14ClN3O2S/c16-12-3-5-13(6-4-12)19-10-9-18-15(19)11-1-7-14(8-2-11)22(17,20)21/h1-8H,9-10H2,(H2,17,20,21). The summed E-state index contributed by atoms with van der Waals surface area (Å²) in [4.78, 5) is 6.67. The number of sulfonamides is 1. The minimum absolute atomic E-state index is 0.0906. The summed E-state index contributed by atoms with van der Waals surface area (Å²) >= 11 is 5.91. The fourth-order valence-electron chi connectivity index (χ4n) is 2.36. The maximum atomic E-state index is 11.3.